The number of hydrogen-bond acceptors (Lipinski definition) is 9. The summed E-state index contributed by atoms with van der Waals surface area (Å²) in [5, 5.41) is 0. The molecule has 19 heteroatoms. The number of rotatable bonds is 4. The number of anilines is 1. The number of aryl methyl sites for hydroxylation is 1. The number of nitrogens with zero attached hydrogens (tertiary/aromatic N) is 3. The maximum absolute atomic E-state index is 11.2. The maximum atomic E-state index is 11.2. The molecule has 0 aliphatic carbocycles. The zero-order chi connectivity index (χ0) is 19.6. The largest absolute Gasteiger partial charge is 0.490 e. The van der Waals surface area contributed by atoms with Crippen molar-refractivity contribution in [2.75, 3.05) is 5.73 Å². The molecule has 0 atom stereocenters. The molecule has 2 aromatic rings. The van der Waals surface area contributed by atoms with Crippen molar-refractivity contribution in [2.24, 2.45) is 7.05 Å². The van der Waals surface area contributed by atoms with Crippen LogP contribution < -0.4 is 11.3 Å². The second-order valence-electron chi connectivity index (χ2n) is 4.09. The van der Waals surface area contributed by atoms with Crippen molar-refractivity contribution in [3.05, 3.63) is 16.7 Å². The van der Waals surface area contributed by atoms with E-state index < -0.39 is 23.5 Å². The van der Waals surface area contributed by atoms with Gasteiger partial charge in [-0.2, -0.15) is 13.6 Å². The van der Waals surface area contributed by atoms with E-state index in [-0.39, 0.29) is 11.5 Å². The zero-order valence-corrected chi connectivity index (χ0v) is 14.7. The van der Waals surface area contributed by atoms with Gasteiger partial charge >= 0.3 is 23.5 Å². The van der Waals surface area contributed by atoms with E-state index in [0.717, 1.165) is 0 Å². The molecule has 0 unspecified atom stereocenters. The molecule has 0 aromatic carbocycles. The Bertz CT molecular complexity index is 927. The van der Waals surface area contributed by atoms with Gasteiger partial charge in [0.05, 0.1) is 6.33 Å². The Balaban J connectivity index is 0.000000250. The summed E-state index contributed by atoms with van der Waals surface area (Å²) in [7, 11) is -14.4. The maximum Gasteiger partial charge on any atom is 0.490 e. The van der Waals surface area contributed by atoms with Gasteiger partial charge in [0.25, 0.3) is 5.56 Å². The van der Waals surface area contributed by atoms with Crippen LogP contribution in [0.4, 0.5) is 5.95 Å². The third-order valence-corrected chi connectivity index (χ3v) is 5.37. The van der Waals surface area contributed by atoms with Crippen molar-refractivity contribution < 1.29 is 46.8 Å². The SMILES string of the molecule is Cn1cnc2nc(N)[nH]c(=O)c21.O=P(O)(O)OP(=O)(O)OP(=O)(O)O. The number of aromatic nitrogens is 4. The summed E-state index contributed by atoms with van der Waals surface area (Å²) in [5.74, 6) is 0.0891. The summed E-state index contributed by atoms with van der Waals surface area (Å²) < 4.78 is 38.0. The molecule has 2 aromatic heterocycles. The van der Waals surface area contributed by atoms with Crippen molar-refractivity contribution in [3.8, 4) is 0 Å². The van der Waals surface area contributed by atoms with E-state index in [1.807, 2.05) is 0 Å². The molecule has 2 rings (SSSR count). The first-order chi connectivity index (χ1) is 11.1. The molecule has 8 N–H and O–H groups in total. The Morgan fingerprint density at radius 2 is 1.60 bits per heavy atom. The van der Waals surface area contributed by atoms with E-state index in [4.69, 9.17) is 30.2 Å². The average molecular weight is 423 g/mol. The number of imidazole rings is 1. The number of nitrogens with one attached hydrogen (secondary N) is 1. The van der Waals surface area contributed by atoms with Crippen LogP contribution in [-0.2, 0) is 29.4 Å². The fourth-order valence-electron chi connectivity index (χ4n) is 1.36. The lowest BCUT2D eigenvalue weighted by Crippen LogP contribution is -2.13. The fourth-order valence-corrected chi connectivity index (χ4v) is 3.90. The van der Waals surface area contributed by atoms with E-state index in [9.17, 15) is 18.5 Å². The van der Waals surface area contributed by atoms with Crippen LogP contribution in [0.5, 0.6) is 0 Å². The molecule has 0 aliphatic heterocycles. The molecule has 0 spiro atoms. The Labute approximate surface area is 137 Å². The minimum Gasteiger partial charge on any atom is -0.369 e. The van der Waals surface area contributed by atoms with Gasteiger partial charge in [-0.25, -0.2) is 18.7 Å². The Morgan fingerprint density at radius 3 is 2.04 bits per heavy atom. The number of hydrogen-bond donors (Lipinski definition) is 7. The first-order valence-electron chi connectivity index (χ1n) is 5.63. The van der Waals surface area contributed by atoms with Gasteiger partial charge in [0, 0.05) is 7.05 Å². The van der Waals surface area contributed by atoms with Crippen LogP contribution in [-0.4, -0.2) is 44.0 Å². The van der Waals surface area contributed by atoms with Gasteiger partial charge in [0.2, 0.25) is 5.95 Å². The summed E-state index contributed by atoms with van der Waals surface area (Å²) in [6, 6.07) is 0. The number of nitrogen functional groups attached to an aromatic ring is 1. The number of nitrogens with two attached hydrogens (primary N) is 1. The van der Waals surface area contributed by atoms with E-state index in [1.54, 1.807) is 11.6 Å². The molecule has 0 bridgehead atoms. The van der Waals surface area contributed by atoms with Crippen molar-refractivity contribution in [2.45, 2.75) is 0 Å². The number of H-pyrrole nitrogens is 1. The topological polar surface area (TPSA) is 260 Å². The van der Waals surface area contributed by atoms with Crippen LogP contribution in [0.25, 0.3) is 11.2 Å². The smallest absolute Gasteiger partial charge is 0.369 e. The molecule has 0 saturated carbocycles. The Kier molecular flexibility index (Phi) is 6.42. The first-order valence-corrected chi connectivity index (χ1v) is 10.2. The molecule has 0 amide bonds. The van der Waals surface area contributed by atoms with Crippen molar-refractivity contribution in [1.29, 1.82) is 0 Å². The summed E-state index contributed by atoms with van der Waals surface area (Å²) in [4.78, 5) is 61.6. The van der Waals surface area contributed by atoms with Gasteiger partial charge in [0.1, 0.15) is 0 Å². The van der Waals surface area contributed by atoms with E-state index >= 15 is 0 Å². The van der Waals surface area contributed by atoms with Crippen LogP contribution in [0.1, 0.15) is 0 Å². The predicted molar refractivity (Wildman–Crippen MR) is 79.6 cm³/mol. The Morgan fingerprint density at radius 1 is 1.12 bits per heavy atom. The van der Waals surface area contributed by atoms with Gasteiger partial charge in [0.15, 0.2) is 11.2 Å². The molecule has 0 fully saturated rings. The normalized spacial score (nSPS) is 12.7. The minimum absolute atomic E-state index is 0.0891. The molecule has 0 radical (unpaired) electrons. The number of fused-ring (bicyclic) bond motifs is 1. The van der Waals surface area contributed by atoms with E-state index in [2.05, 4.69) is 23.6 Å². The Hall–Kier alpha value is -1.44. The van der Waals surface area contributed by atoms with Gasteiger partial charge in [-0.3, -0.25) is 9.78 Å². The fraction of sp³-hybridized carbons (Fsp3) is 0.167. The van der Waals surface area contributed by atoms with Gasteiger partial charge in [-0.1, -0.05) is 0 Å². The van der Waals surface area contributed by atoms with Crippen LogP contribution in [0.3, 0.4) is 0 Å². The second-order valence-corrected chi connectivity index (χ2v) is 8.30. The van der Waals surface area contributed by atoms with Crippen LogP contribution in [0, 0.1) is 0 Å². The van der Waals surface area contributed by atoms with Gasteiger partial charge in [-0.05, 0) is 0 Å². The van der Waals surface area contributed by atoms with E-state index in [1.165, 1.54) is 6.33 Å². The van der Waals surface area contributed by atoms with E-state index in [0.29, 0.717) is 11.2 Å². The minimum atomic E-state index is -5.46. The summed E-state index contributed by atoms with van der Waals surface area (Å²) in [5.41, 5.74) is 5.86. The molecule has 142 valence electrons. The summed E-state index contributed by atoms with van der Waals surface area (Å²) in [6.07, 6.45) is 1.52. The molecule has 16 nitrogen and oxygen atoms in total. The monoisotopic (exact) mass is 423 g/mol. The molecular weight excluding hydrogens is 411 g/mol. The first kappa shape index (κ1) is 21.6. The average Bonchev–Trinajstić information content (AvgIpc) is 2.64. The van der Waals surface area contributed by atoms with Crippen molar-refractivity contribution in [1.82, 2.24) is 19.5 Å². The van der Waals surface area contributed by atoms with Gasteiger partial charge < -0.3 is 34.8 Å². The molecule has 0 saturated heterocycles. The summed E-state index contributed by atoms with van der Waals surface area (Å²) >= 11 is 0. The third-order valence-electron chi connectivity index (χ3n) is 2.02. The van der Waals surface area contributed by atoms with Crippen molar-refractivity contribution >= 4 is 40.6 Å². The molecule has 25 heavy (non-hydrogen) atoms. The molecule has 0 aliphatic rings. The lowest BCUT2D eigenvalue weighted by Gasteiger charge is -2.11. The highest BCUT2D eigenvalue weighted by Gasteiger charge is 2.38. The predicted octanol–water partition coefficient (Wildman–Crippen LogP) is -1.46. The number of aromatic amines is 1. The molecule has 2 heterocycles. The van der Waals surface area contributed by atoms with Crippen molar-refractivity contribution in [3.63, 3.8) is 0 Å². The van der Waals surface area contributed by atoms with Crippen LogP contribution in [0.2, 0.25) is 0 Å². The standard InChI is InChI=1S/C6H7N5O.H5O10P3/c1-11-2-8-4-3(11)5(12)10-6(7)9-4;1-11(2,3)9-13(7,8)10-12(4,5)6/h2H,1H3,(H3,7,9,10,12);(H,7,8)(H2,1,2,3)(H2,4,5,6). The summed E-state index contributed by atoms with van der Waals surface area (Å²) in [6.45, 7) is 0. The number of phosphoric acid groups is 3. The quantitative estimate of drug-likeness (QED) is 0.277. The van der Waals surface area contributed by atoms with Crippen LogP contribution >= 0.6 is 23.5 Å². The lowest BCUT2D eigenvalue weighted by atomic mass is 10.5. The highest BCUT2D eigenvalue weighted by atomic mass is 31.3. The lowest BCUT2D eigenvalue weighted by molar-refractivity contribution is 0.204. The van der Waals surface area contributed by atoms with Gasteiger partial charge in [-0.15, -0.1) is 0 Å². The third kappa shape index (κ3) is 7.54. The van der Waals surface area contributed by atoms with Crippen LogP contribution in [0.15, 0.2) is 11.1 Å². The second kappa shape index (κ2) is 7.43. The molecular formula is C6H12N5O11P3. The highest BCUT2D eigenvalue weighted by molar-refractivity contribution is 7.66. The zero-order valence-electron chi connectivity index (χ0n) is 12.0. The highest BCUT2D eigenvalue weighted by Crippen LogP contribution is 2.64.